The molecule has 0 radical (unpaired) electrons. The standard InChI is InChI=1S/C15H22.C11H20O.C10H20/c1-12(2)13-8-10-15(11-9-13)14-6-4-3-5-7-14;1-8(2)10-4-6-11(7-5-10)9(3)12;1-8(2)10-6-4-9(3)5-7-10/h3-7,12-13,15H,8-11H2,1-2H3;8,10-11H,4-7H2,1-3H3;8-10H,4-7H2,1-3H3. The SMILES string of the molecule is CC(=O)C1CCC(C(C)C)CC1.CC(C)C1CCC(c2ccccc2)CC1.CC1CCC(C(C)C)CC1. The molecule has 0 atom stereocenters. The van der Waals surface area contributed by atoms with Crippen LogP contribution in [0.4, 0.5) is 0 Å². The summed E-state index contributed by atoms with van der Waals surface area (Å²) in [5.74, 6) is 8.13. The first-order valence-electron chi connectivity index (χ1n) is 16.1. The zero-order chi connectivity index (χ0) is 27.4. The maximum absolute atomic E-state index is 11.1. The van der Waals surface area contributed by atoms with Crippen LogP contribution in [0.5, 0.6) is 0 Å². The monoisotopic (exact) mass is 510 g/mol. The average Bonchev–Trinajstić information content (AvgIpc) is 2.90. The fourth-order valence-electron chi connectivity index (χ4n) is 6.99. The third kappa shape index (κ3) is 11.7. The van der Waals surface area contributed by atoms with Crippen molar-refractivity contribution in [1.82, 2.24) is 0 Å². The number of hydrogen-bond acceptors (Lipinski definition) is 1. The second-order valence-electron chi connectivity index (χ2n) is 14.0. The Kier molecular flexibility index (Phi) is 14.5. The summed E-state index contributed by atoms with van der Waals surface area (Å²) in [4.78, 5) is 11.1. The van der Waals surface area contributed by atoms with Crippen LogP contribution in [0, 0.1) is 47.3 Å². The maximum Gasteiger partial charge on any atom is 0.132 e. The van der Waals surface area contributed by atoms with Gasteiger partial charge in [0, 0.05) is 5.92 Å². The molecule has 3 fully saturated rings. The molecular formula is C36H62O. The molecule has 3 saturated carbocycles. The van der Waals surface area contributed by atoms with Crippen LogP contribution in [-0.4, -0.2) is 5.78 Å². The van der Waals surface area contributed by atoms with Crippen LogP contribution in [0.25, 0.3) is 0 Å². The van der Waals surface area contributed by atoms with E-state index >= 15 is 0 Å². The van der Waals surface area contributed by atoms with E-state index in [0.717, 1.165) is 60.2 Å². The van der Waals surface area contributed by atoms with Crippen molar-refractivity contribution in [3.8, 4) is 0 Å². The van der Waals surface area contributed by atoms with E-state index in [0.29, 0.717) is 11.7 Å². The molecule has 0 aromatic heterocycles. The normalized spacial score (nSPS) is 30.2. The van der Waals surface area contributed by atoms with Crippen LogP contribution in [0.1, 0.15) is 144 Å². The predicted molar refractivity (Wildman–Crippen MR) is 163 cm³/mol. The summed E-state index contributed by atoms with van der Waals surface area (Å²) < 4.78 is 0. The van der Waals surface area contributed by atoms with E-state index in [2.05, 4.69) is 78.8 Å². The largest absolute Gasteiger partial charge is 0.300 e. The molecule has 4 rings (SSSR count). The Morgan fingerprint density at radius 3 is 1.35 bits per heavy atom. The van der Waals surface area contributed by atoms with E-state index < -0.39 is 0 Å². The molecule has 0 aliphatic heterocycles. The van der Waals surface area contributed by atoms with E-state index in [4.69, 9.17) is 0 Å². The van der Waals surface area contributed by atoms with E-state index in [1.54, 1.807) is 12.5 Å². The molecule has 3 aliphatic carbocycles. The van der Waals surface area contributed by atoms with Gasteiger partial charge in [0.15, 0.2) is 0 Å². The summed E-state index contributed by atoms with van der Waals surface area (Å²) in [7, 11) is 0. The lowest BCUT2D eigenvalue weighted by molar-refractivity contribution is -0.122. The summed E-state index contributed by atoms with van der Waals surface area (Å²) in [6.45, 7) is 18.2. The lowest BCUT2D eigenvalue weighted by Crippen LogP contribution is -2.22. The number of carbonyl (C=O) groups excluding carboxylic acids is 1. The first-order valence-corrected chi connectivity index (χ1v) is 16.1. The number of benzene rings is 1. The molecule has 1 aromatic carbocycles. The smallest absolute Gasteiger partial charge is 0.132 e. The summed E-state index contributed by atoms with van der Waals surface area (Å²) in [6, 6.07) is 11.0. The minimum Gasteiger partial charge on any atom is -0.300 e. The van der Waals surface area contributed by atoms with Crippen LogP contribution >= 0.6 is 0 Å². The van der Waals surface area contributed by atoms with Crippen LogP contribution in [0.15, 0.2) is 30.3 Å². The molecule has 3 aliphatic rings. The number of Topliss-reactive ketones (excluding diaryl/α,β-unsaturated/α-hetero) is 1. The molecule has 0 bridgehead atoms. The van der Waals surface area contributed by atoms with E-state index in [1.807, 2.05) is 0 Å². The minimum absolute atomic E-state index is 0.389. The highest BCUT2D eigenvalue weighted by atomic mass is 16.1. The van der Waals surface area contributed by atoms with Gasteiger partial charge in [0.1, 0.15) is 5.78 Å². The fourth-order valence-corrected chi connectivity index (χ4v) is 6.99. The quantitative estimate of drug-likeness (QED) is 0.385. The topological polar surface area (TPSA) is 17.1 Å². The molecular weight excluding hydrogens is 448 g/mol. The summed E-state index contributed by atoms with van der Waals surface area (Å²) in [6.07, 6.45) is 16.4. The van der Waals surface area contributed by atoms with Gasteiger partial charge in [-0.3, -0.25) is 4.79 Å². The Labute approximate surface area is 232 Å². The maximum atomic E-state index is 11.1. The highest BCUT2D eigenvalue weighted by Crippen LogP contribution is 2.38. The molecule has 1 heteroatoms. The zero-order valence-electron chi connectivity index (χ0n) is 26.0. The van der Waals surface area contributed by atoms with Gasteiger partial charge in [0.25, 0.3) is 0 Å². The van der Waals surface area contributed by atoms with Crippen molar-refractivity contribution >= 4 is 5.78 Å². The van der Waals surface area contributed by atoms with E-state index in [1.165, 1.54) is 64.2 Å². The second kappa shape index (κ2) is 16.8. The molecule has 0 spiro atoms. The summed E-state index contributed by atoms with van der Waals surface area (Å²) >= 11 is 0. The highest BCUT2D eigenvalue weighted by molar-refractivity contribution is 5.78. The summed E-state index contributed by atoms with van der Waals surface area (Å²) in [5.41, 5.74) is 1.56. The van der Waals surface area contributed by atoms with Crippen molar-refractivity contribution < 1.29 is 4.79 Å². The van der Waals surface area contributed by atoms with Gasteiger partial charge in [-0.15, -0.1) is 0 Å². The Hall–Kier alpha value is -1.11. The molecule has 0 N–H and O–H groups in total. The van der Waals surface area contributed by atoms with Crippen LogP contribution in [0.3, 0.4) is 0 Å². The van der Waals surface area contributed by atoms with Gasteiger partial charge in [-0.1, -0.05) is 91.6 Å². The molecule has 0 heterocycles. The first-order chi connectivity index (χ1) is 17.6. The molecule has 0 amide bonds. The van der Waals surface area contributed by atoms with Crippen molar-refractivity contribution in [2.24, 2.45) is 47.3 Å². The van der Waals surface area contributed by atoms with Gasteiger partial charge in [-0.25, -0.2) is 0 Å². The minimum atomic E-state index is 0.389. The Morgan fingerprint density at radius 2 is 0.973 bits per heavy atom. The van der Waals surface area contributed by atoms with Crippen molar-refractivity contribution in [2.75, 3.05) is 0 Å². The van der Waals surface area contributed by atoms with E-state index in [9.17, 15) is 4.79 Å². The number of hydrogen-bond donors (Lipinski definition) is 0. The molecule has 0 saturated heterocycles. The third-order valence-corrected chi connectivity index (χ3v) is 10.3. The van der Waals surface area contributed by atoms with Gasteiger partial charge in [0.2, 0.25) is 0 Å². The number of carbonyl (C=O) groups is 1. The third-order valence-electron chi connectivity index (χ3n) is 10.3. The molecule has 1 nitrogen and oxygen atoms in total. The number of ketones is 1. The Bertz CT molecular complexity index is 708. The lowest BCUT2D eigenvalue weighted by atomic mass is 9.75. The highest BCUT2D eigenvalue weighted by Gasteiger charge is 2.26. The zero-order valence-corrected chi connectivity index (χ0v) is 26.0. The Morgan fingerprint density at radius 1 is 0.595 bits per heavy atom. The van der Waals surface area contributed by atoms with Gasteiger partial charge in [0.05, 0.1) is 0 Å². The Balaban J connectivity index is 0.000000200. The van der Waals surface area contributed by atoms with Gasteiger partial charge >= 0.3 is 0 Å². The van der Waals surface area contributed by atoms with Gasteiger partial charge < -0.3 is 0 Å². The first kappa shape index (κ1) is 32.1. The predicted octanol–water partition coefficient (Wildman–Crippen LogP) is 11.1. The molecule has 212 valence electrons. The van der Waals surface area contributed by atoms with Crippen molar-refractivity contribution in [2.45, 2.75) is 138 Å². The van der Waals surface area contributed by atoms with E-state index in [-0.39, 0.29) is 0 Å². The van der Waals surface area contributed by atoms with Crippen LogP contribution in [0.2, 0.25) is 0 Å². The fraction of sp³-hybridized carbons (Fsp3) is 0.806. The number of rotatable bonds is 5. The van der Waals surface area contributed by atoms with Crippen molar-refractivity contribution in [3.63, 3.8) is 0 Å². The summed E-state index contributed by atoms with van der Waals surface area (Å²) in [5, 5.41) is 0. The lowest BCUT2D eigenvalue weighted by Gasteiger charge is -2.31. The average molecular weight is 511 g/mol. The van der Waals surface area contributed by atoms with Gasteiger partial charge in [-0.2, -0.15) is 0 Å². The second-order valence-corrected chi connectivity index (χ2v) is 14.0. The van der Waals surface area contributed by atoms with Crippen molar-refractivity contribution in [3.05, 3.63) is 35.9 Å². The molecule has 0 unspecified atom stereocenters. The van der Waals surface area contributed by atoms with Crippen LogP contribution in [-0.2, 0) is 4.79 Å². The van der Waals surface area contributed by atoms with Crippen molar-refractivity contribution in [1.29, 1.82) is 0 Å². The molecule has 37 heavy (non-hydrogen) atoms. The molecule has 1 aromatic rings. The van der Waals surface area contributed by atoms with Gasteiger partial charge in [-0.05, 0) is 124 Å². The van der Waals surface area contributed by atoms with Crippen LogP contribution < -0.4 is 0 Å².